The first-order chi connectivity index (χ1) is 16.0. The van der Waals surface area contributed by atoms with Crippen LogP contribution in [0.15, 0.2) is 70.6 Å². The highest BCUT2D eigenvalue weighted by Crippen LogP contribution is 2.35. The number of hydrogen-bond acceptors (Lipinski definition) is 7. The van der Waals surface area contributed by atoms with Crippen molar-refractivity contribution in [2.75, 3.05) is 13.9 Å². The predicted molar refractivity (Wildman–Crippen MR) is 126 cm³/mol. The van der Waals surface area contributed by atoms with Crippen molar-refractivity contribution >= 4 is 28.4 Å². The third-order valence-corrected chi connectivity index (χ3v) is 6.39. The van der Waals surface area contributed by atoms with Gasteiger partial charge in [0.25, 0.3) is 5.56 Å². The van der Waals surface area contributed by atoms with Crippen LogP contribution in [0.5, 0.6) is 17.2 Å². The summed E-state index contributed by atoms with van der Waals surface area (Å²) in [5.74, 6) is 2.33. The molecular weight excluding hydrogens is 440 g/mol. The first-order valence-electron chi connectivity index (χ1n) is 10.3. The molecule has 0 fully saturated rings. The van der Waals surface area contributed by atoms with E-state index in [9.17, 15) is 9.59 Å². The monoisotopic (exact) mass is 460 g/mol. The van der Waals surface area contributed by atoms with E-state index in [1.165, 1.54) is 18.7 Å². The minimum atomic E-state index is -0.175. The SMILES string of the molecule is COc1ccc(C(C)=O)cc1CSc1nc2ccccc2c(=O)n1-c1ccc2c(c1)OCO2. The maximum absolute atomic E-state index is 13.5. The largest absolute Gasteiger partial charge is 0.496 e. The summed E-state index contributed by atoms with van der Waals surface area (Å²) in [5, 5.41) is 1.04. The standard InChI is InChI=1S/C25H20N2O5S/c1-15(28)16-7-9-21(30-2)17(11-16)13-33-25-26-20-6-4-3-5-19(20)24(29)27(25)18-8-10-22-23(12-18)32-14-31-22/h3-12H,13-14H2,1-2H3. The summed E-state index contributed by atoms with van der Waals surface area (Å²) in [6, 6.07) is 18.0. The second kappa shape index (κ2) is 8.63. The lowest BCUT2D eigenvalue weighted by Crippen LogP contribution is -2.21. The van der Waals surface area contributed by atoms with Crippen LogP contribution in [0.1, 0.15) is 22.8 Å². The highest BCUT2D eigenvalue weighted by atomic mass is 32.2. The fourth-order valence-corrected chi connectivity index (χ4v) is 4.70. The molecule has 4 aromatic rings. The number of Topliss-reactive ketones (excluding diaryl/α,β-unsaturated/α-hetero) is 1. The Morgan fingerprint density at radius 3 is 2.73 bits per heavy atom. The molecule has 0 unspecified atom stereocenters. The van der Waals surface area contributed by atoms with Gasteiger partial charge in [-0.2, -0.15) is 0 Å². The van der Waals surface area contributed by atoms with Gasteiger partial charge in [0.05, 0.1) is 23.7 Å². The maximum atomic E-state index is 13.5. The van der Waals surface area contributed by atoms with E-state index in [0.29, 0.717) is 50.3 Å². The third-order valence-electron chi connectivity index (χ3n) is 5.40. The molecule has 0 saturated carbocycles. The molecule has 0 radical (unpaired) electrons. The Balaban J connectivity index is 1.61. The van der Waals surface area contributed by atoms with Crippen LogP contribution in [0.25, 0.3) is 16.6 Å². The molecule has 1 aliphatic rings. The van der Waals surface area contributed by atoms with Gasteiger partial charge in [0.1, 0.15) is 5.75 Å². The van der Waals surface area contributed by atoms with E-state index in [0.717, 1.165) is 5.56 Å². The smallest absolute Gasteiger partial charge is 0.266 e. The van der Waals surface area contributed by atoms with Crippen LogP contribution < -0.4 is 19.8 Å². The Kier molecular flexibility index (Phi) is 5.51. The first-order valence-corrected chi connectivity index (χ1v) is 11.3. The molecule has 2 heterocycles. The molecule has 7 nitrogen and oxygen atoms in total. The van der Waals surface area contributed by atoms with Crippen LogP contribution in [-0.4, -0.2) is 29.2 Å². The zero-order chi connectivity index (χ0) is 22.9. The van der Waals surface area contributed by atoms with Crippen molar-refractivity contribution in [2.24, 2.45) is 0 Å². The predicted octanol–water partition coefficient (Wildman–Crippen LogP) is 4.62. The van der Waals surface area contributed by atoms with Crippen molar-refractivity contribution < 1.29 is 19.0 Å². The van der Waals surface area contributed by atoms with Crippen LogP contribution >= 0.6 is 11.8 Å². The molecule has 0 atom stereocenters. The Bertz CT molecular complexity index is 1450. The summed E-state index contributed by atoms with van der Waals surface area (Å²) in [6.07, 6.45) is 0. The number of carbonyl (C=O) groups is 1. The summed E-state index contributed by atoms with van der Waals surface area (Å²) in [5.41, 5.74) is 2.52. The molecule has 0 spiro atoms. The van der Waals surface area contributed by atoms with Crippen molar-refractivity contribution in [1.82, 2.24) is 9.55 Å². The molecule has 166 valence electrons. The molecule has 0 amide bonds. The highest BCUT2D eigenvalue weighted by Gasteiger charge is 2.19. The first kappa shape index (κ1) is 21.1. The van der Waals surface area contributed by atoms with E-state index in [1.54, 1.807) is 42.0 Å². The fourth-order valence-electron chi connectivity index (χ4n) is 3.71. The maximum Gasteiger partial charge on any atom is 0.266 e. The van der Waals surface area contributed by atoms with E-state index < -0.39 is 0 Å². The molecule has 8 heteroatoms. The minimum absolute atomic E-state index is 0.0231. The Morgan fingerprint density at radius 2 is 1.91 bits per heavy atom. The zero-order valence-corrected chi connectivity index (χ0v) is 18.8. The lowest BCUT2D eigenvalue weighted by molar-refractivity contribution is 0.101. The lowest BCUT2D eigenvalue weighted by atomic mass is 10.1. The van der Waals surface area contributed by atoms with Gasteiger partial charge in [-0.1, -0.05) is 23.9 Å². The van der Waals surface area contributed by atoms with Crippen LogP contribution in [0.3, 0.4) is 0 Å². The van der Waals surface area contributed by atoms with E-state index in [-0.39, 0.29) is 18.1 Å². The summed E-state index contributed by atoms with van der Waals surface area (Å²) < 4.78 is 18.0. The average molecular weight is 461 g/mol. The van der Waals surface area contributed by atoms with Crippen molar-refractivity contribution in [3.05, 3.63) is 82.1 Å². The number of para-hydroxylation sites is 1. The molecule has 5 rings (SSSR count). The number of aromatic nitrogens is 2. The molecule has 1 aromatic heterocycles. The van der Waals surface area contributed by atoms with Gasteiger partial charge in [-0.3, -0.25) is 14.2 Å². The van der Waals surface area contributed by atoms with Gasteiger partial charge >= 0.3 is 0 Å². The van der Waals surface area contributed by atoms with Crippen LogP contribution in [0, 0.1) is 0 Å². The number of fused-ring (bicyclic) bond motifs is 2. The molecule has 0 N–H and O–H groups in total. The van der Waals surface area contributed by atoms with Crippen LogP contribution in [-0.2, 0) is 5.75 Å². The second-order valence-corrected chi connectivity index (χ2v) is 8.40. The normalized spacial score (nSPS) is 12.2. The number of hydrogen-bond donors (Lipinski definition) is 0. The third kappa shape index (κ3) is 3.93. The van der Waals surface area contributed by atoms with Crippen molar-refractivity contribution in [3.63, 3.8) is 0 Å². The van der Waals surface area contributed by atoms with Crippen molar-refractivity contribution in [1.29, 1.82) is 0 Å². The summed E-state index contributed by atoms with van der Waals surface area (Å²) in [4.78, 5) is 30.1. The van der Waals surface area contributed by atoms with E-state index >= 15 is 0 Å². The summed E-state index contributed by atoms with van der Waals surface area (Å²) >= 11 is 1.40. The van der Waals surface area contributed by atoms with E-state index in [2.05, 4.69) is 0 Å². The van der Waals surface area contributed by atoms with Gasteiger partial charge in [0.15, 0.2) is 22.4 Å². The molecular formula is C25H20N2O5S. The Hall–Kier alpha value is -3.78. The summed E-state index contributed by atoms with van der Waals surface area (Å²) in [6.45, 7) is 1.68. The molecule has 33 heavy (non-hydrogen) atoms. The summed E-state index contributed by atoms with van der Waals surface area (Å²) in [7, 11) is 1.59. The molecule has 0 saturated heterocycles. The number of methoxy groups -OCH3 is 1. The van der Waals surface area contributed by atoms with Crippen LogP contribution in [0.4, 0.5) is 0 Å². The Morgan fingerprint density at radius 1 is 1.09 bits per heavy atom. The lowest BCUT2D eigenvalue weighted by Gasteiger charge is -2.15. The van der Waals surface area contributed by atoms with E-state index in [4.69, 9.17) is 19.2 Å². The zero-order valence-electron chi connectivity index (χ0n) is 18.0. The van der Waals surface area contributed by atoms with Gasteiger partial charge in [-0.05, 0) is 49.4 Å². The average Bonchev–Trinajstić information content (AvgIpc) is 3.30. The molecule has 0 bridgehead atoms. The molecule has 0 aliphatic carbocycles. The van der Waals surface area contributed by atoms with E-state index in [1.807, 2.05) is 30.3 Å². The minimum Gasteiger partial charge on any atom is -0.496 e. The van der Waals surface area contributed by atoms with Crippen molar-refractivity contribution in [2.45, 2.75) is 17.8 Å². The van der Waals surface area contributed by atoms with Gasteiger partial charge < -0.3 is 14.2 Å². The van der Waals surface area contributed by atoms with Gasteiger partial charge in [0, 0.05) is 22.9 Å². The molecule has 3 aromatic carbocycles. The number of ketones is 1. The number of benzene rings is 3. The molecule has 1 aliphatic heterocycles. The second-order valence-electron chi connectivity index (χ2n) is 7.46. The Labute approximate surface area is 193 Å². The van der Waals surface area contributed by atoms with Crippen molar-refractivity contribution in [3.8, 4) is 22.9 Å². The van der Waals surface area contributed by atoms with Gasteiger partial charge in [-0.25, -0.2) is 4.98 Å². The fraction of sp³-hybridized carbons (Fsp3) is 0.160. The number of rotatable bonds is 6. The number of carbonyl (C=O) groups excluding carboxylic acids is 1. The quantitative estimate of drug-likeness (QED) is 0.236. The topological polar surface area (TPSA) is 79.7 Å². The van der Waals surface area contributed by atoms with Gasteiger partial charge in [-0.15, -0.1) is 0 Å². The van der Waals surface area contributed by atoms with Gasteiger partial charge in [0.2, 0.25) is 6.79 Å². The number of nitrogens with zero attached hydrogens (tertiary/aromatic N) is 2. The number of thioether (sulfide) groups is 1. The highest BCUT2D eigenvalue weighted by molar-refractivity contribution is 7.98. The number of ether oxygens (including phenoxy) is 3. The van der Waals surface area contributed by atoms with Crippen LogP contribution in [0.2, 0.25) is 0 Å².